The van der Waals surface area contributed by atoms with E-state index < -0.39 is 0 Å². The zero-order chi connectivity index (χ0) is 17.8. The molecule has 2 aromatic carbocycles. The Bertz CT molecular complexity index is 1020. The van der Waals surface area contributed by atoms with Crippen molar-refractivity contribution in [2.45, 2.75) is 0 Å². The number of aliphatic imine (C=N–C) groups is 1. The second-order valence-corrected chi connectivity index (χ2v) is 6.03. The molecule has 0 aliphatic carbocycles. The molecular weight excluding hydrogens is 334 g/mol. The minimum atomic E-state index is -0.346. The SMILES string of the molecule is CN(C)c1ccc(C=Nc2ccccc2-c2n[nH]c(=S)[nH]c2=O)cc1. The molecule has 0 unspecified atom stereocenters. The van der Waals surface area contributed by atoms with Crippen LogP contribution in [0.15, 0.2) is 58.3 Å². The molecule has 2 N–H and O–H groups in total. The van der Waals surface area contributed by atoms with Gasteiger partial charge in [-0.3, -0.25) is 19.9 Å². The van der Waals surface area contributed by atoms with Crippen molar-refractivity contribution in [2.75, 3.05) is 19.0 Å². The molecule has 0 radical (unpaired) electrons. The molecule has 0 saturated carbocycles. The third kappa shape index (κ3) is 3.89. The Morgan fingerprint density at radius 2 is 1.84 bits per heavy atom. The third-order valence-electron chi connectivity index (χ3n) is 3.63. The number of aromatic nitrogens is 3. The standard InChI is InChI=1S/C18H17N5OS/c1-23(2)13-9-7-12(8-10-13)11-19-15-6-4-3-5-14(15)16-17(24)20-18(25)22-21-16/h3-11H,1-2H3,(H2,20,22,24,25). The molecule has 0 spiro atoms. The van der Waals surface area contributed by atoms with Gasteiger partial charge in [-0.25, -0.2) is 0 Å². The molecule has 0 saturated heterocycles. The lowest BCUT2D eigenvalue weighted by Gasteiger charge is -2.11. The molecule has 25 heavy (non-hydrogen) atoms. The molecule has 0 bridgehead atoms. The van der Waals surface area contributed by atoms with Gasteiger partial charge >= 0.3 is 0 Å². The van der Waals surface area contributed by atoms with Crippen molar-refractivity contribution in [3.63, 3.8) is 0 Å². The van der Waals surface area contributed by atoms with E-state index in [9.17, 15) is 4.79 Å². The Labute approximate surface area is 149 Å². The van der Waals surface area contributed by atoms with E-state index in [-0.39, 0.29) is 16.0 Å². The summed E-state index contributed by atoms with van der Waals surface area (Å²) in [6.07, 6.45) is 1.76. The van der Waals surface area contributed by atoms with Crippen molar-refractivity contribution in [3.05, 3.63) is 69.2 Å². The van der Waals surface area contributed by atoms with E-state index in [1.807, 2.05) is 61.5 Å². The van der Waals surface area contributed by atoms with Gasteiger partial charge in [0.1, 0.15) is 0 Å². The van der Waals surface area contributed by atoms with Gasteiger partial charge in [0.25, 0.3) is 5.56 Å². The topological polar surface area (TPSA) is 77.1 Å². The van der Waals surface area contributed by atoms with Crippen molar-refractivity contribution >= 4 is 29.8 Å². The highest BCUT2D eigenvalue weighted by molar-refractivity contribution is 7.71. The van der Waals surface area contributed by atoms with Gasteiger partial charge in [-0.2, -0.15) is 5.10 Å². The van der Waals surface area contributed by atoms with E-state index >= 15 is 0 Å². The lowest BCUT2D eigenvalue weighted by molar-refractivity contribution is 0.932. The fraction of sp³-hybridized carbons (Fsp3) is 0.111. The van der Waals surface area contributed by atoms with Gasteiger partial charge in [0.15, 0.2) is 10.5 Å². The van der Waals surface area contributed by atoms with Crippen LogP contribution in [0.1, 0.15) is 5.56 Å². The van der Waals surface area contributed by atoms with Crippen molar-refractivity contribution in [1.29, 1.82) is 0 Å². The van der Waals surface area contributed by atoms with Gasteiger partial charge in [0.05, 0.1) is 5.69 Å². The van der Waals surface area contributed by atoms with Crippen LogP contribution in [0.25, 0.3) is 11.3 Å². The molecule has 0 atom stereocenters. The van der Waals surface area contributed by atoms with Crippen LogP contribution in [-0.4, -0.2) is 35.5 Å². The van der Waals surface area contributed by atoms with Crippen LogP contribution in [0, 0.1) is 4.77 Å². The number of aromatic amines is 2. The van der Waals surface area contributed by atoms with E-state index in [0.29, 0.717) is 11.3 Å². The van der Waals surface area contributed by atoms with Crippen molar-refractivity contribution in [2.24, 2.45) is 4.99 Å². The summed E-state index contributed by atoms with van der Waals surface area (Å²) < 4.78 is 0.190. The molecule has 3 aromatic rings. The lowest BCUT2D eigenvalue weighted by Crippen LogP contribution is -2.12. The maximum Gasteiger partial charge on any atom is 0.278 e. The molecule has 0 amide bonds. The van der Waals surface area contributed by atoms with Crippen LogP contribution in [0.2, 0.25) is 0 Å². The van der Waals surface area contributed by atoms with Crippen LogP contribution < -0.4 is 10.5 Å². The lowest BCUT2D eigenvalue weighted by atomic mass is 10.1. The highest BCUT2D eigenvalue weighted by Gasteiger charge is 2.09. The van der Waals surface area contributed by atoms with Crippen LogP contribution >= 0.6 is 12.2 Å². The van der Waals surface area contributed by atoms with Gasteiger partial charge in [-0.15, -0.1) is 0 Å². The summed E-state index contributed by atoms with van der Waals surface area (Å²) in [5.41, 5.74) is 3.28. The fourth-order valence-corrected chi connectivity index (χ4v) is 2.46. The molecule has 3 rings (SSSR count). The Morgan fingerprint density at radius 3 is 2.52 bits per heavy atom. The maximum atomic E-state index is 12.1. The minimum Gasteiger partial charge on any atom is -0.378 e. The number of benzene rings is 2. The molecular formula is C18H17N5OS. The molecule has 126 valence electrons. The molecule has 0 aliphatic heterocycles. The zero-order valence-corrected chi connectivity index (χ0v) is 14.7. The molecule has 1 heterocycles. The normalized spacial score (nSPS) is 11.0. The predicted molar refractivity (Wildman–Crippen MR) is 104 cm³/mol. The first-order valence-corrected chi connectivity index (χ1v) is 8.05. The first kappa shape index (κ1) is 16.8. The average molecular weight is 351 g/mol. The van der Waals surface area contributed by atoms with Crippen molar-refractivity contribution < 1.29 is 0 Å². The summed E-state index contributed by atoms with van der Waals surface area (Å²) in [5.74, 6) is 0. The highest BCUT2D eigenvalue weighted by atomic mass is 32.1. The van der Waals surface area contributed by atoms with Gasteiger partial charge < -0.3 is 4.90 Å². The van der Waals surface area contributed by atoms with Crippen molar-refractivity contribution in [1.82, 2.24) is 15.2 Å². The third-order valence-corrected chi connectivity index (χ3v) is 3.83. The average Bonchev–Trinajstić information content (AvgIpc) is 2.61. The molecule has 6 nitrogen and oxygen atoms in total. The second kappa shape index (κ2) is 7.23. The Hall–Kier alpha value is -3.06. The summed E-state index contributed by atoms with van der Waals surface area (Å²) in [7, 11) is 3.99. The van der Waals surface area contributed by atoms with E-state index in [0.717, 1.165) is 11.3 Å². The Morgan fingerprint density at radius 1 is 1.12 bits per heavy atom. The number of hydrogen-bond donors (Lipinski definition) is 2. The monoisotopic (exact) mass is 351 g/mol. The summed E-state index contributed by atoms with van der Waals surface area (Å²) in [5, 5.41) is 6.65. The summed E-state index contributed by atoms with van der Waals surface area (Å²) in [6.45, 7) is 0. The quantitative estimate of drug-likeness (QED) is 0.558. The summed E-state index contributed by atoms with van der Waals surface area (Å²) >= 11 is 4.88. The predicted octanol–water partition coefficient (Wildman–Crippen LogP) is 3.31. The summed E-state index contributed by atoms with van der Waals surface area (Å²) in [4.78, 5) is 21.2. The number of rotatable bonds is 4. The van der Waals surface area contributed by atoms with Gasteiger partial charge in [0, 0.05) is 31.6 Å². The van der Waals surface area contributed by atoms with Crippen molar-refractivity contribution in [3.8, 4) is 11.3 Å². The largest absolute Gasteiger partial charge is 0.378 e. The number of nitrogens with zero attached hydrogens (tertiary/aromatic N) is 3. The molecule has 7 heteroatoms. The summed E-state index contributed by atoms with van der Waals surface area (Å²) in [6, 6.07) is 15.4. The Balaban J connectivity index is 1.96. The number of para-hydroxylation sites is 1. The maximum absolute atomic E-state index is 12.1. The molecule has 0 aliphatic rings. The first-order valence-electron chi connectivity index (χ1n) is 7.64. The van der Waals surface area contributed by atoms with E-state index in [4.69, 9.17) is 12.2 Å². The van der Waals surface area contributed by atoms with Crippen LogP contribution in [0.5, 0.6) is 0 Å². The minimum absolute atomic E-state index is 0.190. The highest BCUT2D eigenvalue weighted by Crippen LogP contribution is 2.26. The number of anilines is 1. The smallest absolute Gasteiger partial charge is 0.278 e. The first-order chi connectivity index (χ1) is 12.0. The number of hydrogen-bond acceptors (Lipinski definition) is 5. The Kier molecular flexibility index (Phi) is 4.85. The van der Waals surface area contributed by atoms with Crippen LogP contribution in [-0.2, 0) is 0 Å². The molecule has 0 fully saturated rings. The van der Waals surface area contributed by atoms with Gasteiger partial charge in [-0.1, -0.05) is 30.3 Å². The van der Waals surface area contributed by atoms with Crippen LogP contribution in [0.4, 0.5) is 11.4 Å². The van der Waals surface area contributed by atoms with E-state index in [1.54, 1.807) is 12.3 Å². The van der Waals surface area contributed by atoms with Gasteiger partial charge in [0.2, 0.25) is 0 Å². The van der Waals surface area contributed by atoms with E-state index in [2.05, 4.69) is 20.2 Å². The van der Waals surface area contributed by atoms with Gasteiger partial charge in [-0.05, 0) is 36.0 Å². The zero-order valence-electron chi connectivity index (χ0n) is 13.9. The number of nitrogens with one attached hydrogen (secondary N) is 2. The molecule has 1 aromatic heterocycles. The van der Waals surface area contributed by atoms with E-state index in [1.165, 1.54) is 0 Å². The number of H-pyrrole nitrogens is 2. The fourth-order valence-electron chi connectivity index (χ4n) is 2.32. The second-order valence-electron chi connectivity index (χ2n) is 5.62. The van der Waals surface area contributed by atoms with Crippen LogP contribution in [0.3, 0.4) is 0 Å².